The van der Waals surface area contributed by atoms with E-state index in [1.807, 2.05) is 13.8 Å². The highest BCUT2D eigenvalue weighted by Crippen LogP contribution is 2.12. The highest BCUT2D eigenvalue weighted by Gasteiger charge is 2.16. The van der Waals surface area contributed by atoms with Gasteiger partial charge in [-0.2, -0.15) is 0 Å². The third-order valence-electron chi connectivity index (χ3n) is 3.62. The van der Waals surface area contributed by atoms with E-state index in [4.69, 9.17) is 0 Å². The number of amides is 1. The van der Waals surface area contributed by atoms with Gasteiger partial charge >= 0.3 is 0 Å². The SMILES string of the molecule is CC(C)CCNS(=O)(=O)c1cccc(C(=O)NCc2ccncc2)c1. The topological polar surface area (TPSA) is 88.2 Å². The van der Waals surface area contributed by atoms with E-state index in [0.717, 1.165) is 12.0 Å². The number of aromatic nitrogens is 1. The molecule has 0 spiro atoms. The van der Waals surface area contributed by atoms with Crippen LogP contribution in [0.1, 0.15) is 36.2 Å². The third kappa shape index (κ3) is 5.95. The first-order valence-electron chi connectivity index (χ1n) is 8.15. The molecule has 1 aromatic carbocycles. The molecule has 0 radical (unpaired) electrons. The smallest absolute Gasteiger partial charge is 0.251 e. The van der Waals surface area contributed by atoms with E-state index in [1.54, 1.807) is 36.7 Å². The molecule has 7 heteroatoms. The van der Waals surface area contributed by atoms with Crippen molar-refractivity contribution in [3.8, 4) is 0 Å². The zero-order valence-corrected chi connectivity index (χ0v) is 15.2. The molecular formula is C18H23N3O3S. The summed E-state index contributed by atoms with van der Waals surface area (Å²) in [5.41, 5.74) is 1.23. The maximum Gasteiger partial charge on any atom is 0.251 e. The fraction of sp³-hybridized carbons (Fsp3) is 0.333. The highest BCUT2D eigenvalue weighted by atomic mass is 32.2. The van der Waals surface area contributed by atoms with Crippen LogP contribution >= 0.6 is 0 Å². The van der Waals surface area contributed by atoms with Crippen molar-refractivity contribution in [3.63, 3.8) is 0 Å². The van der Waals surface area contributed by atoms with Crippen LogP contribution in [0.3, 0.4) is 0 Å². The van der Waals surface area contributed by atoms with Crippen LogP contribution in [-0.2, 0) is 16.6 Å². The summed E-state index contributed by atoms with van der Waals surface area (Å²) in [6.45, 7) is 4.79. The number of rotatable bonds is 8. The summed E-state index contributed by atoms with van der Waals surface area (Å²) in [5.74, 6) is 0.0871. The molecule has 2 aromatic rings. The third-order valence-corrected chi connectivity index (χ3v) is 5.08. The number of nitrogens with one attached hydrogen (secondary N) is 2. The first-order valence-corrected chi connectivity index (χ1v) is 9.63. The summed E-state index contributed by atoms with van der Waals surface area (Å²) >= 11 is 0. The lowest BCUT2D eigenvalue weighted by atomic mass is 10.1. The van der Waals surface area contributed by atoms with Crippen LogP contribution in [0, 0.1) is 5.92 Å². The molecule has 2 rings (SSSR count). The second kappa shape index (κ2) is 8.73. The average molecular weight is 361 g/mol. The van der Waals surface area contributed by atoms with Crippen molar-refractivity contribution >= 4 is 15.9 Å². The van der Waals surface area contributed by atoms with Crippen LogP contribution in [-0.4, -0.2) is 25.9 Å². The molecule has 0 aliphatic carbocycles. The number of carbonyl (C=O) groups excluding carboxylic acids is 1. The Hall–Kier alpha value is -2.25. The summed E-state index contributed by atoms with van der Waals surface area (Å²) in [5, 5.41) is 2.77. The van der Waals surface area contributed by atoms with E-state index in [-0.39, 0.29) is 10.8 Å². The van der Waals surface area contributed by atoms with Gasteiger partial charge in [0.15, 0.2) is 0 Å². The average Bonchev–Trinajstić information content (AvgIpc) is 2.60. The van der Waals surface area contributed by atoms with Gasteiger partial charge in [-0.05, 0) is 48.2 Å². The quantitative estimate of drug-likeness (QED) is 0.755. The van der Waals surface area contributed by atoms with E-state index in [9.17, 15) is 13.2 Å². The Morgan fingerprint density at radius 2 is 1.88 bits per heavy atom. The van der Waals surface area contributed by atoms with Gasteiger partial charge in [0.2, 0.25) is 10.0 Å². The lowest BCUT2D eigenvalue weighted by Crippen LogP contribution is -2.27. The zero-order chi connectivity index (χ0) is 18.3. The first kappa shape index (κ1) is 19.1. The molecule has 0 bridgehead atoms. The second-order valence-corrected chi connectivity index (χ2v) is 7.91. The van der Waals surface area contributed by atoms with Gasteiger partial charge in [0.25, 0.3) is 5.91 Å². The number of pyridine rings is 1. The first-order chi connectivity index (χ1) is 11.9. The Morgan fingerprint density at radius 1 is 1.16 bits per heavy atom. The Balaban J connectivity index is 2.03. The Bertz CT molecular complexity index is 805. The van der Waals surface area contributed by atoms with Crippen molar-refractivity contribution in [2.75, 3.05) is 6.54 Å². The largest absolute Gasteiger partial charge is 0.348 e. The van der Waals surface area contributed by atoms with Gasteiger partial charge in [-0.15, -0.1) is 0 Å². The van der Waals surface area contributed by atoms with Crippen LogP contribution in [0.4, 0.5) is 0 Å². The predicted molar refractivity (Wildman–Crippen MR) is 96.5 cm³/mol. The van der Waals surface area contributed by atoms with Crippen molar-refractivity contribution in [3.05, 3.63) is 59.9 Å². The van der Waals surface area contributed by atoms with Crippen molar-refractivity contribution in [2.24, 2.45) is 5.92 Å². The van der Waals surface area contributed by atoms with Crippen molar-refractivity contribution in [2.45, 2.75) is 31.7 Å². The molecule has 0 aliphatic heterocycles. The summed E-state index contributed by atoms with van der Waals surface area (Å²) in [4.78, 5) is 16.3. The molecule has 0 unspecified atom stereocenters. The van der Waals surface area contributed by atoms with Crippen LogP contribution in [0.25, 0.3) is 0 Å². The number of sulfonamides is 1. The maximum atomic E-state index is 12.3. The van der Waals surface area contributed by atoms with Crippen molar-refractivity contribution in [1.29, 1.82) is 0 Å². The van der Waals surface area contributed by atoms with Gasteiger partial charge in [-0.25, -0.2) is 13.1 Å². The van der Waals surface area contributed by atoms with Crippen molar-refractivity contribution < 1.29 is 13.2 Å². The Labute approximate surface area is 148 Å². The fourth-order valence-electron chi connectivity index (χ4n) is 2.15. The molecule has 1 aromatic heterocycles. The summed E-state index contributed by atoms with van der Waals surface area (Å²) < 4.78 is 27.2. The highest BCUT2D eigenvalue weighted by molar-refractivity contribution is 7.89. The lowest BCUT2D eigenvalue weighted by Gasteiger charge is -2.10. The standard InChI is InChI=1S/C18H23N3O3S/c1-14(2)6-11-21-25(23,24)17-5-3-4-16(12-17)18(22)20-13-15-7-9-19-10-8-15/h3-5,7-10,12,14,21H,6,11,13H2,1-2H3,(H,20,22). The molecule has 2 N–H and O–H groups in total. The molecule has 134 valence electrons. The van der Waals surface area contributed by atoms with Gasteiger partial charge < -0.3 is 5.32 Å². The van der Waals surface area contributed by atoms with Crippen molar-refractivity contribution in [1.82, 2.24) is 15.0 Å². The molecular weight excluding hydrogens is 338 g/mol. The van der Waals surface area contributed by atoms with E-state index in [2.05, 4.69) is 15.0 Å². The minimum absolute atomic E-state index is 0.0906. The van der Waals surface area contributed by atoms with E-state index in [1.165, 1.54) is 12.1 Å². The second-order valence-electron chi connectivity index (χ2n) is 6.15. The lowest BCUT2D eigenvalue weighted by molar-refractivity contribution is 0.0950. The molecule has 1 amide bonds. The molecule has 0 saturated carbocycles. The van der Waals surface area contributed by atoms with E-state index in [0.29, 0.717) is 24.6 Å². The maximum absolute atomic E-state index is 12.3. The van der Waals surface area contributed by atoms with Gasteiger partial charge in [0, 0.05) is 31.0 Å². The van der Waals surface area contributed by atoms with E-state index >= 15 is 0 Å². The Kier molecular flexibility index (Phi) is 6.66. The monoisotopic (exact) mass is 361 g/mol. The predicted octanol–water partition coefficient (Wildman–Crippen LogP) is 2.34. The zero-order valence-electron chi connectivity index (χ0n) is 14.4. The normalized spacial score (nSPS) is 11.5. The van der Waals surface area contributed by atoms with E-state index < -0.39 is 10.0 Å². The number of hydrogen-bond acceptors (Lipinski definition) is 4. The van der Waals surface area contributed by atoms with Gasteiger partial charge in [-0.3, -0.25) is 9.78 Å². The number of benzene rings is 1. The van der Waals surface area contributed by atoms with Gasteiger partial charge in [0.05, 0.1) is 4.90 Å². The molecule has 6 nitrogen and oxygen atoms in total. The summed E-state index contributed by atoms with van der Waals surface area (Å²) in [6.07, 6.45) is 4.06. The van der Waals surface area contributed by atoms with Gasteiger partial charge in [0.1, 0.15) is 0 Å². The molecule has 0 saturated heterocycles. The summed E-state index contributed by atoms with van der Waals surface area (Å²) in [7, 11) is -3.62. The van der Waals surface area contributed by atoms with Crippen LogP contribution < -0.4 is 10.0 Å². The van der Waals surface area contributed by atoms with Crippen LogP contribution in [0.5, 0.6) is 0 Å². The minimum atomic E-state index is -3.62. The molecule has 0 fully saturated rings. The molecule has 25 heavy (non-hydrogen) atoms. The minimum Gasteiger partial charge on any atom is -0.348 e. The van der Waals surface area contributed by atoms with Crippen LogP contribution in [0.15, 0.2) is 53.7 Å². The van der Waals surface area contributed by atoms with Crippen LogP contribution in [0.2, 0.25) is 0 Å². The number of nitrogens with zero attached hydrogens (tertiary/aromatic N) is 1. The molecule has 0 atom stereocenters. The fourth-order valence-corrected chi connectivity index (χ4v) is 3.25. The Morgan fingerprint density at radius 3 is 2.56 bits per heavy atom. The summed E-state index contributed by atoms with van der Waals surface area (Å²) in [6, 6.07) is 9.64. The van der Waals surface area contributed by atoms with Gasteiger partial charge in [-0.1, -0.05) is 19.9 Å². The molecule has 0 aliphatic rings. The molecule has 1 heterocycles. The number of carbonyl (C=O) groups is 1. The number of hydrogen-bond donors (Lipinski definition) is 2.